The van der Waals surface area contributed by atoms with Crippen molar-refractivity contribution in [3.05, 3.63) is 18.1 Å². The molecule has 1 aliphatic heterocycles. The molecular weight excluding hydrogens is 226 g/mol. The Kier molecular flexibility index (Phi) is 4.48. The van der Waals surface area contributed by atoms with Gasteiger partial charge in [-0.15, -0.1) is 0 Å². The van der Waals surface area contributed by atoms with E-state index in [0.717, 1.165) is 25.5 Å². The number of nitrogens with zero attached hydrogens (tertiary/aromatic N) is 4. The summed E-state index contributed by atoms with van der Waals surface area (Å²) in [6.45, 7) is 5.08. The average Bonchev–Trinajstić information content (AvgIpc) is 2.46. The molecule has 1 atom stereocenters. The SMILES string of the molecule is CCN(CC1CCCCN1)c1cnc(C#N)cn1. The van der Waals surface area contributed by atoms with Crippen LogP contribution in [0.4, 0.5) is 5.82 Å². The molecule has 0 aromatic carbocycles. The van der Waals surface area contributed by atoms with Crippen LogP contribution in [0.25, 0.3) is 0 Å². The molecule has 1 aliphatic rings. The number of aromatic nitrogens is 2. The van der Waals surface area contributed by atoms with Crippen molar-refractivity contribution >= 4 is 5.82 Å². The van der Waals surface area contributed by atoms with Crippen molar-refractivity contribution in [3.63, 3.8) is 0 Å². The maximum absolute atomic E-state index is 8.71. The van der Waals surface area contributed by atoms with Crippen molar-refractivity contribution in [3.8, 4) is 6.07 Å². The second kappa shape index (κ2) is 6.31. The molecule has 2 rings (SSSR count). The summed E-state index contributed by atoms with van der Waals surface area (Å²) in [6, 6.07) is 2.53. The van der Waals surface area contributed by atoms with E-state index in [4.69, 9.17) is 5.26 Å². The quantitative estimate of drug-likeness (QED) is 0.866. The molecule has 1 fully saturated rings. The first-order valence-electron chi connectivity index (χ1n) is 6.54. The van der Waals surface area contributed by atoms with Crippen LogP contribution < -0.4 is 10.2 Å². The summed E-state index contributed by atoms with van der Waals surface area (Å²) in [6.07, 6.45) is 7.02. The monoisotopic (exact) mass is 245 g/mol. The van der Waals surface area contributed by atoms with Gasteiger partial charge in [0.05, 0.1) is 12.4 Å². The van der Waals surface area contributed by atoms with Crippen molar-refractivity contribution in [2.75, 3.05) is 24.5 Å². The van der Waals surface area contributed by atoms with Crippen LogP contribution in [0.15, 0.2) is 12.4 Å². The first kappa shape index (κ1) is 12.8. The molecule has 5 nitrogen and oxygen atoms in total. The van der Waals surface area contributed by atoms with E-state index in [0.29, 0.717) is 11.7 Å². The van der Waals surface area contributed by atoms with Crippen molar-refractivity contribution in [2.45, 2.75) is 32.2 Å². The Balaban J connectivity index is 2.00. The molecule has 2 heterocycles. The molecule has 1 aromatic rings. The molecule has 5 heteroatoms. The van der Waals surface area contributed by atoms with Gasteiger partial charge < -0.3 is 10.2 Å². The standard InChI is InChI=1S/C13H19N5/c1-2-18(10-11-5-3-4-6-15-11)13-9-16-12(7-14)8-17-13/h8-9,11,15H,2-6,10H2,1H3. The maximum Gasteiger partial charge on any atom is 0.158 e. The van der Waals surface area contributed by atoms with Crippen LogP contribution in [0.5, 0.6) is 0 Å². The fraction of sp³-hybridized carbons (Fsp3) is 0.615. The third-order valence-electron chi connectivity index (χ3n) is 3.31. The van der Waals surface area contributed by atoms with Crippen LogP contribution in [-0.4, -0.2) is 35.6 Å². The van der Waals surface area contributed by atoms with Crippen LogP contribution in [0.2, 0.25) is 0 Å². The first-order valence-corrected chi connectivity index (χ1v) is 6.54. The van der Waals surface area contributed by atoms with Crippen LogP contribution in [0, 0.1) is 11.3 Å². The van der Waals surface area contributed by atoms with Gasteiger partial charge in [0.1, 0.15) is 11.9 Å². The van der Waals surface area contributed by atoms with Crippen LogP contribution in [0.1, 0.15) is 31.9 Å². The lowest BCUT2D eigenvalue weighted by atomic mass is 10.0. The molecule has 1 saturated heterocycles. The number of hydrogen-bond acceptors (Lipinski definition) is 5. The van der Waals surface area contributed by atoms with Gasteiger partial charge in [-0.2, -0.15) is 5.26 Å². The third-order valence-corrected chi connectivity index (χ3v) is 3.31. The lowest BCUT2D eigenvalue weighted by molar-refractivity contribution is 0.399. The second-order valence-electron chi connectivity index (χ2n) is 4.56. The smallest absolute Gasteiger partial charge is 0.158 e. The summed E-state index contributed by atoms with van der Waals surface area (Å²) >= 11 is 0. The Labute approximate surface area is 108 Å². The molecule has 1 N–H and O–H groups in total. The lowest BCUT2D eigenvalue weighted by Gasteiger charge is -2.30. The fourth-order valence-electron chi connectivity index (χ4n) is 2.27. The van der Waals surface area contributed by atoms with Gasteiger partial charge in [0.15, 0.2) is 5.69 Å². The zero-order valence-electron chi connectivity index (χ0n) is 10.8. The van der Waals surface area contributed by atoms with E-state index in [-0.39, 0.29) is 0 Å². The highest BCUT2D eigenvalue weighted by Crippen LogP contribution is 2.13. The van der Waals surface area contributed by atoms with Crippen LogP contribution in [0.3, 0.4) is 0 Å². The van der Waals surface area contributed by atoms with E-state index in [9.17, 15) is 0 Å². The summed E-state index contributed by atoms with van der Waals surface area (Å²) in [7, 11) is 0. The molecule has 96 valence electrons. The summed E-state index contributed by atoms with van der Waals surface area (Å²) in [5, 5.41) is 12.2. The number of nitriles is 1. The van der Waals surface area contributed by atoms with E-state index in [2.05, 4.69) is 27.1 Å². The molecule has 0 bridgehead atoms. The molecule has 1 aromatic heterocycles. The fourth-order valence-corrected chi connectivity index (χ4v) is 2.27. The summed E-state index contributed by atoms with van der Waals surface area (Å²) < 4.78 is 0. The minimum atomic E-state index is 0.366. The first-order chi connectivity index (χ1) is 8.83. The Morgan fingerprint density at radius 1 is 1.44 bits per heavy atom. The molecule has 18 heavy (non-hydrogen) atoms. The van der Waals surface area contributed by atoms with E-state index >= 15 is 0 Å². The topological polar surface area (TPSA) is 64.8 Å². The maximum atomic E-state index is 8.71. The predicted octanol–water partition coefficient (Wildman–Crippen LogP) is 1.32. The number of anilines is 1. The van der Waals surface area contributed by atoms with E-state index in [1.165, 1.54) is 25.5 Å². The van der Waals surface area contributed by atoms with Gasteiger partial charge in [-0.25, -0.2) is 9.97 Å². The minimum absolute atomic E-state index is 0.366. The van der Waals surface area contributed by atoms with E-state index < -0.39 is 0 Å². The number of hydrogen-bond donors (Lipinski definition) is 1. The van der Waals surface area contributed by atoms with Gasteiger partial charge in [0.25, 0.3) is 0 Å². The van der Waals surface area contributed by atoms with Crippen molar-refractivity contribution in [2.24, 2.45) is 0 Å². The second-order valence-corrected chi connectivity index (χ2v) is 4.56. The highest BCUT2D eigenvalue weighted by atomic mass is 15.2. The zero-order valence-corrected chi connectivity index (χ0v) is 10.8. The highest BCUT2D eigenvalue weighted by Gasteiger charge is 2.16. The third kappa shape index (κ3) is 3.17. The Morgan fingerprint density at radius 3 is 2.89 bits per heavy atom. The average molecular weight is 245 g/mol. The summed E-state index contributed by atoms with van der Waals surface area (Å²) in [5.41, 5.74) is 0.366. The van der Waals surface area contributed by atoms with Crippen molar-refractivity contribution in [1.29, 1.82) is 5.26 Å². The molecule has 0 radical (unpaired) electrons. The van der Waals surface area contributed by atoms with Gasteiger partial charge in [0.2, 0.25) is 0 Å². The van der Waals surface area contributed by atoms with E-state index in [1.807, 2.05) is 6.07 Å². The molecule has 0 spiro atoms. The predicted molar refractivity (Wildman–Crippen MR) is 70.3 cm³/mol. The number of nitrogens with one attached hydrogen (secondary N) is 1. The van der Waals surface area contributed by atoms with Crippen molar-refractivity contribution in [1.82, 2.24) is 15.3 Å². The van der Waals surface area contributed by atoms with E-state index in [1.54, 1.807) is 6.20 Å². The molecule has 0 saturated carbocycles. The lowest BCUT2D eigenvalue weighted by Crippen LogP contribution is -2.44. The zero-order chi connectivity index (χ0) is 12.8. The van der Waals surface area contributed by atoms with Gasteiger partial charge in [-0.3, -0.25) is 0 Å². The van der Waals surface area contributed by atoms with Crippen LogP contribution >= 0.6 is 0 Å². The Hall–Kier alpha value is -1.67. The van der Waals surface area contributed by atoms with Gasteiger partial charge in [-0.05, 0) is 26.3 Å². The summed E-state index contributed by atoms with van der Waals surface area (Å²) in [5.74, 6) is 0.851. The van der Waals surface area contributed by atoms with Gasteiger partial charge in [0, 0.05) is 19.1 Å². The van der Waals surface area contributed by atoms with Crippen molar-refractivity contribution < 1.29 is 0 Å². The molecule has 0 amide bonds. The minimum Gasteiger partial charge on any atom is -0.354 e. The Bertz CT molecular complexity index is 402. The molecular formula is C13H19N5. The Morgan fingerprint density at radius 2 is 2.33 bits per heavy atom. The largest absolute Gasteiger partial charge is 0.354 e. The number of likely N-dealkylation sites (N-methyl/N-ethyl adjacent to an activating group) is 1. The number of piperidine rings is 1. The van der Waals surface area contributed by atoms with Gasteiger partial charge >= 0.3 is 0 Å². The van der Waals surface area contributed by atoms with Crippen LogP contribution in [-0.2, 0) is 0 Å². The number of rotatable bonds is 4. The molecule has 0 aliphatic carbocycles. The normalized spacial score (nSPS) is 19.2. The molecule has 1 unspecified atom stereocenters. The highest BCUT2D eigenvalue weighted by molar-refractivity contribution is 5.37. The van der Waals surface area contributed by atoms with Gasteiger partial charge in [-0.1, -0.05) is 6.42 Å². The summed E-state index contributed by atoms with van der Waals surface area (Å²) in [4.78, 5) is 10.6.